The number of carbonyl (C=O) groups excluding carboxylic acids is 1. The van der Waals surface area contributed by atoms with Gasteiger partial charge in [0.05, 0.1) is 35.9 Å². The van der Waals surface area contributed by atoms with E-state index >= 15 is 0 Å². The summed E-state index contributed by atoms with van der Waals surface area (Å²) >= 11 is 0. The normalized spacial score (nSPS) is 17.7. The third-order valence-electron chi connectivity index (χ3n) is 7.38. The third kappa shape index (κ3) is 10.2. The highest BCUT2D eigenvalue weighted by Crippen LogP contribution is 2.32. The number of aliphatic hydroxyl groups is 1. The molecule has 0 aromatic heterocycles. The Balaban J connectivity index is 1.45. The van der Waals surface area contributed by atoms with Crippen molar-refractivity contribution in [2.45, 2.75) is 55.6 Å². The average molecular weight is 691 g/mol. The van der Waals surface area contributed by atoms with Gasteiger partial charge in [0.15, 0.2) is 9.84 Å². The molecule has 1 heterocycles. The molecule has 1 unspecified atom stereocenters. The summed E-state index contributed by atoms with van der Waals surface area (Å²) in [7, 11) is -3.42. The summed E-state index contributed by atoms with van der Waals surface area (Å²) < 4.78 is 114. The fraction of sp³-hybridized carbons (Fsp3) is 0.387. The Morgan fingerprint density at radius 1 is 0.936 bits per heavy atom. The molecule has 16 heteroatoms. The molecule has 1 aliphatic rings. The zero-order chi connectivity index (χ0) is 34.4. The van der Waals surface area contributed by atoms with E-state index in [9.17, 15) is 44.7 Å². The van der Waals surface area contributed by atoms with Crippen LogP contribution in [-0.4, -0.2) is 69.8 Å². The molecule has 2 N–H and O–H groups in total. The monoisotopic (exact) mass is 690 g/mol. The lowest BCUT2D eigenvalue weighted by atomic mass is 10.0. The number of benzene rings is 3. The van der Waals surface area contributed by atoms with Gasteiger partial charge in [0, 0.05) is 24.3 Å². The van der Waals surface area contributed by atoms with Gasteiger partial charge >= 0.3 is 12.7 Å². The number of rotatable bonds is 13. The van der Waals surface area contributed by atoms with Crippen molar-refractivity contribution >= 4 is 21.4 Å². The second kappa shape index (κ2) is 14.8. The van der Waals surface area contributed by atoms with Crippen molar-refractivity contribution in [2.75, 3.05) is 30.4 Å². The predicted octanol–water partition coefficient (Wildman–Crippen LogP) is 5.80. The van der Waals surface area contributed by atoms with Crippen LogP contribution in [0.2, 0.25) is 0 Å². The highest BCUT2D eigenvalue weighted by Gasteiger charge is 2.38. The standard InChI is InChI=1S/C31H32F6N2O7S/c1-2-47(42,43)27-13-5-20(6-14-27)28(15-16-40)38-29(41)21-3-7-22(8-4-21)39-18-26(17-23(39)19-44-30(32,33)34)45-24-9-11-25(12-10-24)46-31(35,36)37/h3-14,23,26,28,40H,2,15-19H2,1H3,(H,38,41)/t23-,26-,28?/m0/s1. The first-order valence-electron chi connectivity index (χ1n) is 14.4. The van der Waals surface area contributed by atoms with E-state index in [1.807, 2.05) is 0 Å². The minimum atomic E-state index is -4.88. The number of anilines is 1. The molecule has 0 spiro atoms. The van der Waals surface area contributed by atoms with Crippen LogP contribution in [0.4, 0.5) is 32.0 Å². The summed E-state index contributed by atoms with van der Waals surface area (Å²) in [6.45, 7) is 0.661. The summed E-state index contributed by atoms with van der Waals surface area (Å²) in [6.07, 6.45) is -10.1. The number of alkyl halides is 6. The molecule has 256 valence electrons. The van der Waals surface area contributed by atoms with Crippen LogP contribution in [0.1, 0.15) is 41.7 Å². The van der Waals surface area contributed by atoms with Crippen molar-refractivity contribution in [1.82, 2.24) is 5.32 Å². The van der Waals surface area contributed by atoms with E-state index in [0.717, 1.165) is 12.1 Å². The molecule has 0 saturated carbocycles. The van der Waals surface area contributed by atoms with Crippen LogP contribution in [0, 0.1) is 0 Å². The minimum absolute atomic E-state index is 0.0711. The molecule has 1 amide bonds. The van der Waals surface area contributed by atoms with Gasteiger partial charge in [-0.15, -0.1) is 26.3 Å². The Kier molecular flexibility index (Phi) is 11.3. The molecule has 1 saturated heterocycles. The van der Waals surface area contributed by atoms with Gasteiger partial charge in [-0.1, -0.05) is 19.1 Å². The molecule has 3 aromatic rings. The van der Waals surface area contributed by atoms with Crippen molar-refractivity contribution in [3.05, 3.63) is 83.9 Å². The lowest BCUT2D eigenvalue weighted by Crippen LogP contribution is -2.35. The SMILES string of the molecule is CCS(=O)(=O)c1ccc(C(CCO)NC(=O)c2ccc(N3C[C@@H](Oc4ccc(OC(F)(F)F)cc4)C[C@H]3COC(F)(F)F)cc2)cc1. The second-order valence-corrected chi connectivity index (χ2v) is 12.9. The first kappa shape index (κ1) is 35.8. The number of hydrogen-bond acceptors (Lipinski definition) is 8. The van der Waals surface area contributed by atoms with Crippen molar-refractivity contribution in [2.24, 2.45) is 0 Å². The van der Waals surface area contributed by atoms with Gasteiger partial charge in [-0.3, -0.25) is 9.53 Å². The van der Waals surface area contributed by atoms with Gasteiger partial charge in [-0.25, -0.2) is 8.42 Å². The molecule has 0 aliphatic carbocycles. The van der Waals surface area contributed by atoms with E-state index in [0.29, 0.717) is 11.3 Å². The maximum atomic E-state index is 13.1. The first-order chi connectivity index (χ1) is 22.1. The van der Waals surface area contributed by atoms with Crippen molar-refractivity contribution in [1.29, 1.82) is 0 Å². The van der Waals surface area contributed by atoms with Gasteiger partial charge < -0.3 is 24.8 Å². The van der Waals surface area contributed by atoms with Crippen molar-refractivity contribution in [3.63, 3.8) is 0 Å². The van der Waals surface area contributed by atoms with E-state index in [4.69, 9.17) is 4.74 Å². The van der Waals surface area contributed by atoms with Crippen molar-refractivity contribution < 1.29 is 58.9 Å². The molecule has 3 aromatic carbocycles. The molecule has 0 radical (unpaired) electrons. The van der Waals surface area contributed by atoms with Crippen LogP contribution >= 0.6 is 0 Å². The molecule has 1 aliphatic heterocycles. The van der Waals surface area contributed by atoms with Crippen LogP contribution in [0.15, 0.2) is 77.7 Å². The summed E-state index contributed by atoms with van der Waals surface area (Å²) in [4.78, 5) is 14.9. The zero-order valence-electron chi connectivity index (χ0n) is 24.9. The van der Waals surface area contributed by atoms with Crippen LogP contribution in [0.5, 0.6) is 11.5 Å². The van der Waals surface area contributed by atoms with E-state index in [2.05, 4.69) is 14.8 Å². The highest BCUT2D eigenvalue weighted by molar-refractivity contribution is 7.91. The van der Waals surface area contributed by atoms with E-state index in [1.165, 1.54) is 43.3 Å². The quantitative estimate of drug-likeness (QED) is 0.217. The zero-order valence-corrected chi connectivity index (χ0v) is 25.7. The number of amides is 1. The number of ether oxygens (including phenoxy) is 3. The Morgan fingerprint density at radius 3 is 2.11 bits per heavy atom. The van der Waals surface area contributed by atoms with Crippen LogP contribution in [0.3, 0.4) is 0 Å². The minimum Gasteiger partial charge on any atom is -0.489 e. The third-order valence-corrected chi connectivity index (χ3v) is 9.13. The fourth-order valence-corrected chi connectivity index (χ4v) is 5.99. The van der Waals surface area contributed by atoms with E-state index in [1.54, 1.807) is 29.2 Å². The number of sulfone groups is 1. The lowest BCUT2D eigenvalue weighted by Gasteiger charge is -2.27. The summed E-state index contributed by atoms with van der Waals surface area (Å²) in [5.74, 6) is -0.842. The Morgan fingerprint density at radius 2 is 1.55 bits per heavy atom. The molecule has 9 nitrogen and oxygen atoms in total. The molecule has 47 heavy (non-hydrogen) atoms. The number of nitrogens with zero attached hydrogens (tertiary/aromatic N) is 1. The Bertz CT molecular complexity index is 1580. The van der Waals surface area contributed by atoms with E-state index < -0.39 is 59.0 Å². The second-order valence-electron chi connectivity index (χ2n) is 10.6. The van der Waals surface area contributed by atoms with Gasteiger partial charge in [0.2, 0.25) is 0 Å². The van der Waals surface area contributed by atoms with Crippen LogP contribution in [-0.2, 0) is 14.6 Å². The fourth-order valence-electron chi connectivity index (χ4n) is 5.11. The summed E-state index contributed by atoms with van der Waals surface area (Å²) in [6, 6.07) is 15.2. The van der Waals surface area contributed by atoms with Crippen LogP contribution < -0.4 is 19.7 Å². The average Bonchev–Trinajstić information content (AvgIpc) is 3.42. The molecule has 4 rings (SSSR count). The smallest absolute Gasteiger partial charge is 0.489 e. The molecule has 3 atom stereocenters. The molecule has 1 fully saturated rings. The highest BCUT2D eigenvalue weighted by atomic mass is 32.2. The molecule has 0 bridgehead atoms. The summed E-state index contributed by atoms with van der Waals surface area (Å²) in [5, 5.41) is 12.4. The topological polar surface area (TPSA) is 114 Å². The lowest BCUT2D eigenvalue weighted by molar-refractivity contribution is -0.325. The van der Waals surface area contributed by atoms with Gasteiger partial charge in [-0.05, 0) is 72.6 Å². The number of carbonyl (C=O) groups is 1. The van der Waals surface area contributed by atoms with Gasteiger partial charge in [-0.2, -0.15) is 0 Å². The number of nitrogens with one attached hydrogen (secondary N) is 1. The molecular weight excluding hydrogens is 658 g/mol. The maximum Gasteiger partial charge on any atom is 0.573 e. The molecular formula is C31H32F6N2O7S. The van der Waals surface area contributed by atoms with E-state index in [-0.39, 0.29) is 48.0 Å². The van der Waals surface area contributed by atoms with Crippen LogP contribution in [0.25, 0.3) is 0 Å². The number of aliphatic hydroxyl groups excluding tert-OH is 1. The predicted molar refractivity (Wildman–Crippen MR) is 158 cm³/mol. The Labute approximate surface area is 267 Å². The number of hydrogen-bond donors (Lipinski definition) is 2. The largest absolute Gasteiger partial charge is 0.573 e. The first-order valence-corrected chi connectivity index (χ1v) is 16.1. The van der Waals surface area contributed by atoms with Crippen molar-refractivity contribution in [3.8, 4) is 11.5 Å². The van der Waals surface area contributed by atoms with Gasteiger partial charge in [0.1, 0.15) is 17.6 Å². The summed E-state index contributed by atoms with van der Waals surface area (Å²) in [5.41, 5.74) is 1.27. The maximum absolute atomic E-state index is 13.1. The van der Waals surface area contributed by atoms with Gasteiger partial charge in [0.25, 0.3) is 5.91 Å². The number of halogens is 6. The Hall–Kier alpha value is -4.02.